The number of benzene rings is 2. The standard InChI is InChI=1S/C25H24F3N3O3S/c26-25(27,28)23-14-11-18(15-29-23)16-30-24(32)20-12-13-22(19-7-3-1-4-8-19)31(17-20)35(33,34)21-9-5-2-6-10-21/h1-11,14-15,20,22H,12-13,16-17H2,(H,30,32). The van der Waals surface area contributed by atoms with Crippen molar-refractivity contribution >= 4 is 15.9 Å². The molecule has 6 nitrogen and oxygen atoms in total. The first kappa shape index (κ1) is 24.9. The molecule has 1 fully saturated rings. The molecule has 4 rings (SSSR count). The second kappa shape index (κ2) is 10.2. The Hall–Kier alpha value is -3.24. The molecule has 2 atom stereocenters. The van der Waals surface area contributed by atoms with Crippen molar-refractivity contribution in [3.8, 4) is 0 Å². The molecule has 2 unspecified atom stereocenters. The highest BCUT2D eigenvalue weighted by atomic mass is 32.2. The predicted molar refractivity (Wildman–Crippen MR) is 123 cm³/mol. The van der Waals surface area contributed by atoms with Crippen molar-refractivity contribution in [2.24, 2.45) is 5.92 Å². The number of nitrogens with zero attached hydrogens (tertiary/aromatic N) is 2. The zero-order valence-corrected chi connectivity index (χ0v) is 19.5. The van der Waals surface area contributed by atoms with E-state index in [4.69, 9.17) is 0 Å². The molecule has 0 bridgehead atoms. The fourth-order valence-electron chi connectivity index (χ4n) is 4.18. The van der Waals surface area contributed by atoms with Crippen molar-refractivity contribution < 1.29 is 26.4 Å². The van der Waals surface area contributed by atoms with Crippen LogP contribution in [0.15, 0.2) is 83.9 Å². The van der Waals surface area contributed by atoms with Gasteiger partial charge in [0.2, 0.25) is 15.9 Å². The Morgan fingerprint density at radius 3 is 2.23 bits per heavy atom. The normalized spacial score (nSPS) is 19.3. The molecule has 1 aromatic heterocycles. The third-order valence-corrected chi connectivity index (χ3v) is 7.91. The van der Waals surface area contributed by atoms with Crippen LogP contribution in [0.1, 0.15) is 35.7 Å². The molecule has 0 spiro atoms. The highest BCUT2D eigenvalue weighted by Gasteiger charge is 2.40. The number of hydrogen-bond acceptors (Lipinski definition) is 4. The molecular weight excluding hydrogens is 479 g/mol. The Morgan fingerprint density at radius 2 is 1.63 bits per heavy atom. The number of nitrogens with one attached hydrogen (secondary N) is 1. The number of aromatic nitrogens is 1. The van der Waals surface area contributed by atoms with E-state index in [9.17, 15) is 26.4 Å². The minimum atomic E-state index is -4.53. The maximum atomic E-state index is 13.5. The number of alkyl halides is 3. The molecule has 184 valence electrons. The lowest BCUT2D eigenvalue weighted by atomic mass is 9.90. The Labute approximate surface area is 201 Å². The minimum absolute atomic E-state index is 0.00593. The van der Waals surface area contributed by atoms with Crippen LogP contribution in [-0.4, -0.2) is 30.2 Å². The first-order valence-corrected chi connectivity index (χ1v) is 12.5. The van der Waals surface area contributed by atoms with Crippen LogP contribution in [0, 0.1) is 5.92 Å². The summed E-state index contributed by atoms with van der Waals surface area (Å²) in [6.07, 6.45) is -2.54. The van der Waals surface area contributed by atoms with E-state index in [2.05, 4.69) is 10.3 Å². The van der Waals surface area contributed by atoms with Crippen molar-refractivity contribution in [1.29, 1.82) is 0 Å². The summed E-state index contributed by atoms with van der Waals surface area (Å²) in [6.45, 7) is -0.0120. The van der Waals surface area contributed by atoms with Crippen LogP contribution >= 0.6 is 0 Å². The van der Waals surface area contributed by atoms with E-state index in [1.165, 1.54) is 22.5 Å². The first-order chi connectivity index (χ1) is 16.7. The minimum Gasteiger partial charge on any atom is -0.352 e. The quantitative estimate of drug-likeness (QED) is 0.535. The molecule has 0 aliphatic carbocycles. The van der Waals surface area contributed by atoms with Crippen molar-refractivity contribution in [2.45, 2.75) is 36.5 Å². The van der Waals surface area contributed by atoms with E-state index < -0.39 is 33.9 Å². The maximum Gasteiger partial charge on any atom is 0.433 e. The number of rotatable bonds is 6. The zero-order valence-electron chi connectivity index (χ0n) is 18.6. The van der Waals surface area contributed by atoms with Gasteiger partial charge in [-0.05, 0) is 42.2 Å². The van der Waals surface area contributed by atoms with Crippen LogP contribution < -0.4 is 5.32 Å². The summed E-state index contributed by atoms with van der Waals surface area (Å²) >= 11 is 0. The number of hydrogen-bond donors (Lipinski definition) is 1. The molecule has 35 heavy (non-hydrogen) atoms. The fraction of sp³-hybridized carbons (Fsp3) is 0.280. The Bertz CT molecular complexity index is 1250. The van der Waals surface area contributed by atoms with Crippen LogP contribution in [0.25, 0.3) is 0 Å². The fourth-order valence-corrected chi connectivity index (χ4v) is 5.89. The van der Waals surface area contributed by atoms with E-state index in [0.717, 1.165) is 17.8 Å². The van der Waals surface area contributed by atoms with Gasteiger partial charge in [-0.15, -0.1) is 0 Å². The molecule has 1 aliphatic heterocycles. The van der Waals surface area contributed by atoms with Gasteiger partial charge in [0.25, 0.3) is 0 Å². The number of carbonyl (C=O) groups excluding carboxylic acids is 1. The van der Waals surface area contributed by atoms with Gasteiger partial charge in [-0.1, -0.05) is 54.6 Å². The van der Waals surface area contributed by atoms with Crippen molar-refractivity contribution in [1.82, 2.24) is 14.6 Å². The summed E-state index contributed by atoms with van der Waals surface area (Å²) in [7, 11) is -3.87. The molecule has 0 saturated carbocycles. The molecule has 2 heterocycles. The molecule has 1 amide bonds. The average molecular weight is 504 g/mol. The Kier molecular flexibility index (Phi) is 7.23. The van der Waals surface area contributed by atoms with Crippen molar-refractivity contribution in [3.63, 3.8) is 0 Å². The highest BCUT2D eigenvalue weighted by molar-refractivity contribution is 7.89. The Morgan fingerprint density at radius 1 is 0.971 bits per heavy atom. The molecule has 1 aliphatic rings. The summed E-state index contributed by atoms with van der Waals surface area (Å²) in [6, 6.07) is 19.1. The Balaban J connectivity index is 1.50. The van der Waals surface area contributed by atoms with Crippen LogP contribution in [0.3, 0.4) is 0 Å². The molecule has 1 saturated heterocycles. The zero-order chi connectivity index (χ0) is 25.1. The van der Waals surface area contributed by atoms with Crippen LogP contribution in [-0.2, 0) is 27.5 Å². The third-order valence-electron chi connectivity index (χ3n) is 6.02. The lowest BCUT2D eigenvalue weighted by Gasteiger charge is -2.38. The van der Waals surface area contributed by atoms with Gasteiger partial charge in [0.05, 0.1) is 16.9 Å². The smallest absolute Gasteiger partial charge is 0.352 e. The average Bonchev–Trinajstić information content (AvgIpc) is 2.87. The van der Waals surface area contributed by atoms with Gasteiger partial charge < -0.3 is 5.32 Å². The van der Waals surface area contributed by atoms with Gasteiger partial charge in [-0.3, -0.25) is 9.78 Å². The summed E-state index contributed by atoms with van der Waals surface area (Å²) < 4.78 is 66.5. The number of carbonyl (C=O) groups is 1. The molecule has 0 radical (unpaired) electrons. The highest BCUT2D eigenvalue weighted by Crippen LogP contribution is 2.37. The van der Waals surface area contributed by atoms with E-state index in [0.29, 0.717) is 18.4 Å². The second-order valence-corrected chi connectivity index (χ2v) is 10.2. The summed E-state index contributed by atoms with van der Waals surface area (Å²) in [5.74, 6) is -0.958. The van der Waals surface area contributed by atoms with Crippen molar-refractivity contribution in [2.75, 3.05) is 6.54 Å². The molecule has 3 aromatic rings. The number of piperidine rings is 1. The molecular formula is C25H24F3N3O3S. The first-order valence-electron chi connectivity index (χ1n) is 11.1. The molecule has 2 aromatic carbocycles. The van der Waals surface area contributed by atoms with Gasteiger partial charge in [0, 0.05) is 19.3 Å². The van der Waals surface area contributed by atoms with Gasteiger partial charge in [-0.25, -0.2) is 8.42 Å². The van der Waals surface area contributed by atoms with E-state index >= 15 is 0 Å². The van der Waals surface area contributed by atoms with Crippen molar-refractivity contribution in [3.05, 3.63) is 95.8 Å². The van der Waals surface area contributed by atoms with E-state index in [1.54, 1.807) is 18.2 Å². The molecule has 10 heteroatoms. The summed E-state index contributed by atoms with van der Waals surface area (Å²) in [5, 5.41) is 2.71. The summed E-state index contributed by atoms with van der Waals surface area (Å²) in [5.41, 5.74) is 0.258. The van der Waals surface area contributed by atoms with Gasteiger partial charge in [-0.2, -0.15) is 17.5 Å². The topological polar surface area (TPSA) is 79.4 Å². The van der Waals surface area contributed by atoms with Crippen LogP contribution in [0.2, 0.25) is 0 Å². The van der Waals surface area contributed by atoms with Crippen LogP contribution in [0.5, 0.6) is 0 Å². The number of sulfonamides is 1. The molecule has 1 N–H and O–H groups in total. The number of amides is 1. The number of pyridine rings is 1. The monoisotopic (exact) mass is 503 g/mol. The number of halogens is 3. The second-order valence-electron chi connectivity index (χ2n) is 8.36. The predicted octanol–water partition coefficient (Wildman–Crippen LogP) is 4.56. The maximum absolute atomic E-state index is 13.5. The van der Waals surface area contributed by atoms with E-state index in [1.807, 2.05) is 30.3 Å². The van der Waals surface area contributed by atoms with E-state index in [-0.39, 0.29) is 23.9 Å². The van der Waals surface area contributed by atoms with Gasteiger partial charge in [0.1, 0.15) is 5.69 Å². The van der Waals surface area contributed by atoms with Crippen LogP contribution in [0.4, 0.5) is 13.2 Å². The third kappa shape index (κ3) is 5.71. The SMILES string of the molecule is O=C(NCc1ccc(C(F)(F)F)nc1)C1CCC(c2ccccc2)N(S(=O)(=O)c2ccccc2)C1. The summed E-state index contributed by atoms with van der Waals surface area (Å²) in [4.78, 5) is 16.5. The lowest BCUT2D eigenvalue weighted by molar-refractivity contribution is -0.141. The largest absolute Gasteiger partial charge is 0.433 e. The van der Waals surface area contributed by atoms with Gasteiger partial charge in [0.15, 0.2) is 0 Å². The lowest BCUT2D eigenvalue weighted by Crippen LogP contribution is -2.46. The van der Waals surface area contributed by atoms with Gasteiger partial charge >= 0.3 is 6.18 Å².